The monoisotopic (exact) mass is 290 g/mol. The molecular weight excluding hydrogens is 272 g/mol. The van der Waals surface area contributed by atoms with E-state index in [-0.39, 0.29) is 5.75 Å². The molecule has 1 N–H and O–H groups in total. The predicted molar refractivity (Wildman–Crippen MR) is 93.1 cm³/mol. The van der Waals surface area contributed by atoms with Crippen LogP contribution in [0.1, 0.15) is 11.1 Å². The molecule has 3 heteroatoms. The third-order valence-corrected chi connectivity index (χ3v) is 3.65. The van der Waals surface area contributed by atoms with E-state index in [4.69, 9.17) is 0 Å². The van der Waals surface area contributed by atoms with E-state index in [1.165, 1.54) is 5.69 Å². The topological polar surface area (TPSA) is 36.4 Å². The molecule has 110 valence electrons. The van der Waals surface area contributed by atoms with Crippen molar-refractivity contribution in [2.45, 2.75) is 0 Å². The zero-order chi connectivity index (χ0) is 15.5. The van der Waals surface area contributed by atoms with E-state index < -0.39 is 0 Å². The van der Waals surface area contributed by atoms with Gasteiger partial charge < -0.3 is 10.0 Å². The highest BCUT2D eigenvalue weighted by molar-refractivity contribution is 5.93. The molecule has 0 aliphatic heterocycles. The number of fused-ring (bicyclic) bond motifs is 1. The van der Waals surface area contributed by atoms with Gasteiger partial charge in [0.25, 0.3) is 0 Å². The largest absolute Gasteiger partial charge is 0.506 e. The third-order valence-electron chi connectivity index (χ3n) is 3.65. The highest BCUT2D eigenvalue weighted by atomic mass is 16.3. The first-order valence-electron chi connectivity index (χ1n) is 7.17. The van der Waals surface area contributed by atoms with E-state index in [0.717, 1.165) is 16.5 Å². The first-order chi connectivity index (χ1) is 10.6. The summed E-state index contributed by atoms with van der Waals surface area (Å²) in [4.78, 5) is 6.31. The van der Waals surface area contributed by atoms with Gasteiger partial charge in [-0.05, 0) is 35.4 Å². The van der Waals surface area contributed by atoms with Crippen molar-refractivity contribution in [2.75, 3.05) is 19.0 Å². The van der Waals surface area contributed by atoms with Crippen LogP contribution in [-0.4, -0.2) is 24.2 Å². The molecule has 0 amide bonds. The maximum Gasteiger partial charge on any atom is 0.141 e. The number of phenols is 1. The number of aromatic nitrogens is 1. The quantitative estimate of drug-likeness (QED) is 0.786. The number of phenolic OH excluding ortho intramolecular Hbond substituents is 1. The second kappa shape index (κ2) is 5.90. The number of aromatic hydroxyl groups is 1. The lowest BCUT2D eigenvalue weighted by atomic mass is 10.1. The van der Waals surface area contributed by atoms with Crippen molar-refractivity contribution in [3.63, 3.8) is 0 Å². The molecule has 0 unspecified atom stereocenters. The molecule has 0 spiro atoms. The molecule has 0 bridgehead atoms. The molecule has 0 radical (unpaired) electrons. The molecule has 0 fully saturated rings. The summed E-state index contributed by atoms with van der Waals surface area (Å²) >= 11 is 0. The Morgan fingerprint density at radius 2 is 1.73 bits per heavy atom. The van der Waals surface area contributed by atoms with E-state index >= 15 is 0 Å². The molecule has 0 saturated heterocycles. The fourth-order valence-electron chi connectivity index (χ4n) is 2.40. The van der Waals surface area contributed by atoms with Gasteiger partial charge >= 0.3 is 0 Å². The number of pyridine rings is 1. The number of rotatable bonds is 3. The smallest absolute Gasteiger partial charge is 0.141 e. The van der Waals surface area contributed by atoms with Crippen molar-refractivity contribution in [3.05, 3.63) is 65.9 Å². The van der Waals surface area contributed by atoms with Crippen molar-refractivity contribution in [2.24, 2.45) is 0 Å². The Morgan fingerprint density at radius 3 is 2.45 bits per heavy atom. The van der Waals surface area contributed by atoms with Crippen LogP contribution in [-0.2, 0) is 0 Å². The summed E-state index contributed by atoms with van der Waals surface area (Å²) in [7, 11) is 4.06. The number of nitrogens with zero attached hydrogens (tertiary/aromatic N) is 2. The fraction of sp³-hybridized carbons (Fsp3) is 0.105. The molecule has 3 rings (SSSR count). The van der Waals surface area contributed by atoms with E-state index in [1.807, 2.05) is 38.4 Å². The summed E-state index contributed by atoms with van der Waals surface area (Å²) in [6.45, 7) is 0. The first kappa shape index (κ1) is 14.1. The number of hydrogen-bond donors (Lipinski definition) is 1. The van der Waals surface area contributed by atoms with Crippen molar-refractivity contribution < 1.29 is 5.11 Å². The van der Waals surface area contributed by atoms with Crippen molar-refractivity contribution in [1.82, 2.24) is 4.98 Å². The minimum absolute atomic E-state index is 0.211. The van der Waals surface area contributed by atoms with Crippen LogP contribution < -0.4 is 4.90 Å². The van der Waals surface area contributed by atoms with Crippen molar-refractivity contribution >= 4 is 28.7 Å². The van der Waals surface area contributed by atoms with Gasteiger partial charge in [-0.15, -0.1) is 0 Å². The number of benzene rings is 2. The molecule has 1 aromatic heterocycles. The lowest BCUT2D eigenvalue weighted by molar-refractivity contribution is 0.480. The minimum atomic E-state index is 0.211. The molecule has 1 heterocycles. The van der Waals surface area contributed by atoms with Gasteiger partial charge in [0.1, 0.15) is 11.3 Å². The summed E-state index contributed by atoms with van der Waals surface area (Å²) in [5.74, 6) is 0.211. The van der Waals surface area contributed by atoms with Gasteiger partial charge in [-0.3, -0.25) is 4.98 Å². The van der Waals surface area contributed by atoms with Gasteiger partial charge in [0.15, 0.2) is 0 Å². The first-order valence-corrected chi connectivity index (χ1v) is 7.17. The van der Waals surface area contributed by atoms with Gasteiger partial charge in [-0.25, -0.2) is 0 Å². The van der Waals surface area contributed by atoms with Crippen molar-refractivity contribution in [3.8, 4) is 5.75 Å². The summed E-state index contributed by atoms with van der Waals surface area (Å²) in [6.07, 6.45) is 5.84. The van der Waals surface area contributed by atoms with Gasteiger partial charge in [0.2, 0.25) is 0 Å². The van der Waals surface area contributed by atoms with Crippen LogP contribution in [0.25, 0.3) is 23.1 Å². The number of hydrogen-bond acceptors (Lipinski definition) is 3. The molecule has 0 aliphatic rings. The van der Waals surface area contributed by atoms with Crippen LogP contribution in [0.5, 0.6) is 5.75 Å². The van der Waals surface area contributed by atoms with E-state index in [1.54, 1.807) is 12.3 Å². The second-order valence-corrected chi connectivity index (χ2v) is 5.39. The molecule has 3 aromatic rings. The average molecular weight is 290 g/mol. The highest BCUT2D eigenvalue weighted by Gasteiger charge is 2.03. The molecule has 0 atom stereocenters. The maximum atomic E-state index is 9.87. The second-order valence-electron chi connectivity index (χ2n) is 5.39. The SMILES string of the molecule is CN(C)c1ccc(/C=C\c2ccnc3c(O)cccc23)cc1. The van der Waals surface area contributed by atoms with E-state index in [9.17, 15) is 5.11 Å². The van der Waals surface area contributed by atoms with E-state index in [0.29, 0.717) is 5.52 Å². The van der Waals surface area contributed by atoms with Crippen LogP contribution in [0.3, 0.4) is 0 Å². The predicted octanol–water partition coefficient (Wildman–Crippen LogP) is 4.18. The van der Waals surface area contributed by atoms with Crippen LogP contribution in [0, 0.1) is 0 Å². The van der Waals surface area contributed by atoms with Crippen LogP contribution in [0.4, 0.5) is 5.69 Å². The Kier molecular flexibility index (Phi) is 3.79. The average Bonchev–Trinajstić information content (AvgIpc) is 2.54. The highest BCUT2D eigenvalue weighted by Crippen LogP contribution is 2.26. The number of anilines is 1. The lowest BCUT2D eigenvalue weighted by Crippen LogP contribution is -2.07. The number of para-hydroxylation sites is 1. The lowest BCUT2D eigenvalue weighted by Gasteiger charge is -2.11. The minimum Gasteiger partial charge on any atom is -0.506 e. The van der Waals surface area contributed by atoms with E-state index in [2.05, 4.69) is 40.2 Å². The molecule has 2 aromatic carbocycles. The Balaban J connectivity index is 1.94. The Bertz CT molecular complexity index is 820. The Hall–Kier alpha value is -2.81. The van der Waals surface area contributed by atoms with Crippen LogP contribution >= 0.6 is 0 Å². The summed E-state index contributed by atoms with van der Waals surface area (Å²) in [6, 6.07) is 15.8. The van der Waals surface area contributed by atoms with Crippen molar-refractivity contribution in [1.29, 1.82) is 0 Å². The standard InChI is InChI=1S/C19H18N2O/c1-21(2)16-10-7-14(8-11-16)6-9-15-12-13-20-19-17(15)4-3-5-18(19)22/h3-13,22H,1-2H3/b9-6-. The van der Waals surface area contributed by atoms with Gasteiger partial charge in [0, 0.05) is 31.4 Å². The molecule has 22 heavy (non-hydrogen) atoms. The summed E-state index contributed by atoms with van der Waals surface area (Å²) in [5.41, 5.74) is 3.98. The zero-order valence-electron chi connectivity index (χ0n) is 12.7. The van der Waals surface area contributed by atoms with Gasteiger partial charge in [0.05, 0.1) is 0 Å². The molecule has 0 aliphatic carbocycles. The van der Waals surface area contributed by atoms with Gasteiger partial charge in [-0.1, -0.05) is 36.4 Å². The summed E-state index contributed by atoms with van der Waals surface area (Å²) in [5, 5.41) is 10.8. The maximum absolute atomic E-state index is 9.87. The Labute approximate surface area is 130 Å². The fourth-order valence-corrected chi connectivity index (χ4v) is 2.40. The molecular formula is C19H18N2O. The van der Waals surface area contributed by atoms with Gasteiger partial charge in [-0.2, -0.15) is 0 Å². The summed E-state index contributed by atoms with van der Waals surface area (Å²) < 4.78 is 0. The van der Waals surface area contributed by atoms with Crippen LogP contribution in [0.15, 0.2) is 54.7 Å². The molecule has 3 nitrogen and oxygen atoms in total. The van der Waals surface area contributed by atoms with Crippen LogP contribution in [0.2, 0.25) is 0 Å². The Morgan fingerprint density at radius 1 is 0.955 bits per heavy atom. The normalized spacial score (nSPS) is 11.2. The molecule has 0 saturated carbocycles. The third kappa shape index (κ3) is 2.79. The zero-order valence-corrected chi connectivity index (χ0v) is 12.7.